The van der Waals surface area contributed by atoms with Crippen molar-refractivity contribution in [1.29, 1.82) is 0 Å². The molecule has 0 fully saturated rings. The highest BCUT2D eigenvalue weighted by Crippen LogP contribution is 2.08. The molecule has 2 rings (SSSR count). The van der Waals surface area contributed by atoms with Crippen LogP contribution in [-0.4, -0.2) is 17.4 Å². The Morgan fingerprint density at radius 1 is 1.44 bits per heavy atom. The first-order chi connectivity index (χ1) is 7.86. The van der Waals surface area contributed by atoms with Gasteiger partial charge in [0.1, 0.15) is 0 Å². The Morgan fingerprint density at radius 2 is 2.25 bits per heavy atom. The van der Waals surface area contributed by atoms with Crippen molar-refractivity contribution in [3.05, 3.63) is 54.4 Å². The van der Waals surface area contributed by atoms with Crippen molar-refractivity contribution in [2.24, 2.45) is 5.92 Å². The van der Waals surface area contributed by atoms with Crippen LogP contribution < -0.4 is 5.32 Å². The molecule has 1 heterocycles. The highest BCUT2D eigenvalue weighted by Gasteiger charge is 2.07. The first-order valence-corrected chi connectivity index (χ1v) is 5.38. The van der Waals surface area contributed by atoms with Crippen molar-refractivity contribution in [2.45, 2.75) is 6.42 Å². The summed E-state index contributed by atoms with van der Waals surface area (Å²) in [5, 5.41) is 2.89. The lowest BCUT2D eigenvalue weighted by Gasteiger charge is -2.11. The minimum Gasteiger partial charge on any atom is -0.351 e. The van der Waals surface area contributed by atoms with Gasteiger partial charge < -0.3 is 5.32 Å². The fourth-order valence-electron chi connectivity index (χ4n) is 1.60. The fraction of sp³-hybridized carbons (Fsp3) is 0.231. The molecule has 16 heavy (non-hydrogen) atoms. The van der Waals surface area contributed by atoms with Gasteiger partial charge in [-0.2, -0.15) is 0 Å². The molecule has 0 aromatic carbocycles. The van der Waals surface area contributed by atoms with E-state index in [2.05, 4.69) is 34.6 Å². The van der Waals surface area contributed by atoms with Crippen molar-refractivity contribution in [3.8, 4) is 0 Å². The average Bonchev–Trinajstić information content (AvgIpc) is 2.38. The number of amides is 1. The summed E-state index contributed by atoms with van der Waals surface area (Å²) >= 11 is 0. The molecule has 3 nitrogen and oxygen atoms in total. The number of nitrogens with zero attached hydrogens (tertiary/aromatic N) is 1. The zero-order valence-corrected chi connectivity index (χ0v) is 8.97. The highest BCUT2D eigenvalue weighted by atomic mass is 16.1. The van der Waals surface area contributed by atoms with Gasteiger partial charge in [0.25, 0.3) is 5.91 Å². The van der Waals surface area contributed by atoms with E-state index in [1.54, 1.807) is 24.5 Å². The van der Waals surface area contributed by atoms with Crippen LogP contribution >= 0.6 is 0 Å². The summed E-state index contributed by atoms with van der Waals surface area (Å²) in [4.78, 5) is 15.6. The van der Waals surface area contributed by atoms with Crippen LogP contribution in [0.2, 0.25) is 0 Å². The predicted octanol–water partition coefficient (Wildman–Crippen LogP) is 1.94. The van der Waals surface area contributed by atoms with Crippen LogP contribution in [0.1, 0.15) is 16.8 Å². The topological polar surface area (TPSA) is 42.0 Å². The molecule has 3 heteroatoms. The summed E-state index contributed by atoms with van der Waals surface area (Å²) in [6.07, 6.45) is 12.7. The summed E-state index contributed by atoms with van der Waals surface area (Å²) in [6, 6.07) is 3.52. The SMILES string of the molecule is O=C(NCC1C=CCC=C1)c1cccnc1. The Balaban J connectivity index is 1.86. The standard InChI is InChI=1S/C13H14N2O/c16-13(12-7-4-8-14-10-12)15-9-11-5-2-1-3-6-11/h2-8,10-11H,1,9H2,(H,15,16). The van der Waals surface area contributed by atoms with Crippen LogP contribution in [0.3, 0.4) is 0 Å². The second kappa shape index (κ2) is 5.26. The lowest BCUT2D eigenvalue weighted by molar-refractivity contribution is 0.0951. The number of hydrogen-bond acceptors (Lipinski definition) is 2. The van der Waals surface area contributed by atoms with Gasteiger partial charge >= 0.3 is 0 Å². The molecule has 1 aliphatic rings. The van der Waals surface area contributed by atoms with E-state index in [-0.39, 0.29) is 5.91 Å². The zero-order chi connectivity index (χ0) is 11.2. The number of carbonyl (C=O) groups is 1. The molecule has 0 atom stereocenters. The molecule has 1 N–H and O–H groups in total. The third kappa shape index (κ3) is 2.79. The number of rotatable bonds is 3. The van der Waals surface area contributed by atoms with Crippen molar-refractivity contribution < 1.29 is 4.79 Å². The Kier molecular flexibility index (Phi) is 3.49. The quantitative estimate of drug-likeness (QED) is 0.781. The maximum absolute atomic E-state index is 11.7. The normalized spacial score (nSPS) is 15.0. The van der Waals surface area contributed by atoms with Gasteiger partial charge in [-0.25, -0.2) is 0 Å². The van der Waals surface area contributed by atoms with Crippen molar-refractivity contribution in [1.82, 2.24) is 10.3 Å². The van der Waals surface area contributed by atoms with Crippen molar-refractivity contribution in [2.75, 3.05) is 6.54 Å². The van der Waals surface area contributed by atoms with Gasteiger partial charge in [-0.05, 0) is 18.6 Å². The molecule has 0 saturated carbocycles. The molecule has 1 aliphatic carbocycles. The lowest BCUT2D eigenvalue weighted by atomic mass is 10.0. The Hall–Kier alpha value is -1.90. The number of pyridine rings is 1. The van der Waals surface area contributed by atoms with Crippen LogP contribution in [0.15, 0.2) is 48.8 Å². The Morgan fingerprint density at radius 3 is 2.94 bits per heavy atom. The van der Waals surface area contributed by atoms with Gasteiger partial charge in [-0.3, -0.25) is 9.78 Å². The number of allylic oxidation sites excluding steroid dienone is 2. The molecule has 1 aromatic heterocycles. The molecule has 1 amide bonds. The van der Waals surface area contributed by atoms with Crippen LogP contribution in [0.5, 0.6) is 0 Å². The van der Waals surface area contributed by atoms with E-state index in [0.29, 0.717) is 18.0 Å². The first kappa shape index (κ1) is 10.6. The van der Waals surface area contributed by atoms with Crippen LogP contribution in [0.4, 0.5) is 0 Å². The fourth-order valence-corrected chi connectivity index (χ4v) is 1.60. The van der Waals surface area contributed by atoms with Gasteiger partial charge in [0.15, 0.2) is 0 Å². The van der Waals surface area contributed by atoms with Crippen LogP contribution in [0.25, 0.3) is 0 Å². The number of hydrogen-bond donors (Lipinski definition) is 1. The summed E-state index contributed by atoms with van der Waals surface area (Å²) in [6.45, 7) is 0.640. The molecule has 0 radical (unpaired) electrons. The first-order valence-electron chi connectivity index (χ1n) is 5.38. The van der Waals surface area contributed by atoms with E-state index in [1.807, 2.05) is 0 Å². The van der Waals surface area contributed by atoms with Gasteiger partial charge in [0, 0.05) is 24.9 Å². The van der Waals surface area contributed by atoms with E-state index in [0.717, 1.165) is 6.42 Å². The maximum atomic E-state index is 11.7. The molecular formula is C13H14N2O. The smallest absolute Gasteiger partial charge is 0.252 e. The van der Waals surface area contributed by atoms with Crippen molar-refractivity contribution in [3.63, 3.8) is 0 Å². The predicted molar refractivity (Wildman–Crippen MR) is 63.0 cm³/mol. The van der Waals surface area contributed by atoms with E-state index >= 15 is 0 Å². The average molecular weight is 214 g/mol. The largest absolute Gasteiger partial charge is 0.351 e. The molecule has 0 unspecified atom stereocenters. The summed E-state index contributed by atoms with van der Waals surface area (Å²) in [5.74, 6) is 0.245. The van der Waals surface area contributed by atoms with E-state index in [4.69, 9.17) is 0 Å². The van der Waals surface area contributed by atoms with Gasteiger partial charge in [0.2, 0.25) is 0 Å². The minimum absolute atomic E-state index is 0.0690. The van der Waals surface area contributed by atoms with Gasteiger partial charge in [-0.15, -0.1) is 0 Å². The molecular weight excluding hydrogens is 200 g/mol. The van der Waals surface area contributed by atoms with Crippen LogP contribution in [0, 0.1) is 5.92 Å². The number of aromatic nitrogens is 1. The Bertz CT molecular complexity index is 397. The molecule has 0 saturated heterocycles. The maximum Gasteiger partial charge on any atom is 0.252 e. The van der Waals surface area contributed by atoms with Gasteiger partial charge in [0.05, 0.1) is 5.56 Å². The third-order valence-electron chi connectivity index (χ3n) is 2.46. The minimum atomic E-state index is -0.0690. The van der Waals surface area contributed by atoms with E-state index < -0.39 is 0 Å². The summed E-state index contributed by atoms with van der Waals surface area (Å²) in [7, 11) is 0. The number of nitrogens with one attached hydrogen (secondary N) is 1. The molecule has 1 aromatic rings. The second-order valence-electron chi connectivity index (χ2n) is 3.71. The number of carbonyl (C=O) groups excluding carboxylic acids is 1. The van der Waals surface area contributed by atoms with E-state index in [1.165, 1.54) is 0 Å². The zero-order valence-electron chi connectivity index (χ0n) is 8.97. The van der Waals surface area contributed by atoms with E-state index in [9.17, 15) is 4.79 Å². The second-order valence-corrected chi connectivity index (χ2v) is 3.71. The van der Waals surface area contributed by atoms with Gasteiger partial charge in [-0.1, -0.05) is 24.3 Å². The lowest BCUT2D eigenvalue weighted by Crippen LogP contribution is -2.28. The molecule has 0 spiro atoms. The summed E-state index contributed by atoms with van der Waals surface area (Å²) < 4.78 is 0. The highest BCUT2D eigenvalue weighted by molar-refractivity contribution is 5.93. The Labute approximate surface area is 94.9 Å². The monoisotopic (exact) mass is 214 g/mol. The summed E-state index contributed by atoms with van der Waals surface area (Å²) in [5.41, 5.74) is 0.603. The van der Waals surface area contributed by atoms with Crippen LogP contribution in [-0.2, 0) is 0 Å². The molecule has 0 bridgehead atoms. The molecule has 82 valence electrons. The van der Waals surface area contributed by atoms with Crippen molar-refractivity contribution >= 4 is 5.91 Å². The molecule has 0 aliphatic heterocycles. The third-order valence-corrected chi connectivity index (χ3v) is 2.46.